The van der Waals surface area contributed by atoms with Crippen LogP contribution in [-0.2, 0) is 9.53 Å². The number of benzene rings is 2. The molecule has 1 fully saturated rings. The Kier molecular flexibility index (Phi) is 8.05. The van der Waals surface area contributed by atoms with Crippen LogP contribution in [-0.4, -0.2) is 67.9 Å². The average Bonchev–Trinajstić information content (AvgIpc) is 2.82. The molecule has 9 nitrogen and oxygen atoms in total. The Bertz CT molecular complexity index is 1120. The second-order valence-corrected chi connectivity index (χ2v) is 9.78. The zero-order valence-electron chi connectivity index (χ0n) is 18.9. The summed E-state index contributed by atoms with van der Waals surface area (Å²) in [5.74, 6) is 2.83. The van der Waals surface area contributed by atoms with Gasteiger partial charge in [-0.1, -0.05) is 12.1 Å². The van der Waals surface area contributed by atoms with Crippen LogP contribution in [0, 0.1) is 12.3 Å². The molecule has 0 saturated carbocycles. The molecule has 186 valence electrons. The van der Waals surface area contributed by atoms with Gasteiger partial charge in [-0.05, 0) is 59.4 Å². The van der Waals surface area contributed by atoms with Crippen molar-refractivity contribution in [3.8, 4) is 40.3 Å². The predicted molar refractivity (Wildman–Crippen MR) is 130 cm³/mol. The Balaban J connectivity index is 1.42. The molecule has 2 aromatic carbocycles. The van der Waals surface area contributed by atoms with E-state index >= 15 is 0 Å². The van der Waals surface area contributed by atoms with Crippen molar-refractivity contribution in [3.05, 3.63) is 36.4 Å². The first-order chi connectivity index (χ1) is 16.8. The van der Waals surface area contributed by atoms with Gasteiger partial charge in [0.1, 0.15) is 24.1 Å². The standard InChI is InChI=1S/C25H28NO8P/c1-2-3-4-5-21(27)26-14-6-8-16-18(12-14)17-9-7-15(13-19(16)17)33-25-24(30)23(29)22(28)20(34-25)10-11-35(31)32/h1,6-9,12-13,20,22-25,28-32H,3-5,10-11H2,(H,26,27)/t20?,22-,23?,24?,25+/m1/s1. The van der Waals surface area contributed by atoms with Crippen LogP contribution in [0.15, 0.2) is 36.4 Å². The summed E-state index contributed by atoms with van der Waals surface area (Å²) in [6, 6.07) is 11.0. The van der Waals surface area contributed by atoms with Crippen molar-refractivity contribution in [2.75, 3.05) is 11.5 Å². The highest BCUT2D eigenvalue weighted by Gasteiger charge is 2.45. The van der Waals surface area contributed by atoms with E-state index in [9.17, 15) is 20.1 Å². The number of aliphatic hydroxyl groups excluding tert-OH is 3. The van der Waals surface area contributed by atoms with Gasteiger partial charge in [-0.25, -0.2) is 0 Å². The fraction of sp³-hybridized carbons (Fsp3) is 0.400. The molecule has 1 saturated heterocycles. The number of rotatable bonds is 9. The summed E-state index contributed by atoms with van der Waals surface area (Å²) in [5.41, 5.74) is 4.58. The van der Waals surface area contributed by atoms with Crippen molar-refractivity contribution >= 4 is 20.0 Å². The quantitative estimate of drug-likeness (QED) is 0.148. The number of ether oxygens (including phenoxy) is 2. The van der Waals surface area contributed by atoms with E-state index in [1.54, 1.807) is 12.1 Å². The maximum atomic E-state index is 12.1. The predicted octanol–water partition coefficient (Wildman–Crippen LogP) is 1.95. The van der Waals surface area contributed by atoms with Gasteiger partial charge in [-0.15, -0.1) is 12.3 Å². The lowest BCUT2D eigenvalue weighted by Gasteiger charge is -2.40. The van der Waals surface area contributed by atoms with Crippen molar-refractivity contribution in [1.29, 1.82) is 0 Å². The Morgan fingerprint density at radius 1 is 1.03 bits per heavy atom. The molecule has 1 amide bonds. The van der Waals surface area contributed by atoms with Crippen molar-refractivity contribution in [2.24, 2.45) is 0 Å². The summed E-state index contributed by atoms with van der Waals surface area (Å²) in [7, 11) is -2.17. The van der Waals surface area contributed by atoms with E-state index in [0.29, 0.717) is 30.7 Å². The van der Waals surface area contributed by atoms with Crippen molar-refractivity contribution in [2.45, 2.75) is 56.4 Å². The number of carbonyl (C=O) groups excluding carboxylic acids is 1. The lowest BCUT2D eigenvalue weighted by atomic mass is 9.80. The van der Waals surface area contributed by atoms with Gasteiger partial charge in [-0.2, -0.15) is 0 Å². The molecule has 5 atom stereocenters. The first-order valence-electron chi connectivity index (χ1n) is 11.3. The molecule has 1 heterocycles. The highest BCUT2D eigenvalue weighted by Crippen LogP contribution is 2.49. The number of unbranched alkanes of at least 4 members (excludes halogenated alkanes) is 1. The van der Waals surface area contributed by atoms with Crippen molar-refractivity contribution in [3.63, 3.8) is 0 Å². The molecule has 2 aliphatic rings. The van der Waals surface area contributed by atoms with E-state index in [0.717, 1.165) is 22.3 Å². The minimum atomic E-state index is -2.17. The number of terminal acetylenes is 1. The second kappa shape index (κ2) is 11.0. The normalized spacial score (nSPS) is 24.7. The third kappa shape index (κ3) is 5.66. The van der Waals surface area contributed by atoms with Gasteiger partial charge in [0.05, 0.1) is 6.10 Å². The van der Waals surface area contributed by atoms with E-state index in [1.807, 2.05) is 24.3 Å². The molecule has 2 aromatic rings. The molecule has 4 rings (SSSR count). The fourth-order valence-corrected chi connectivity index (χ4v) is 4.76. The molecule has 1 aliphatic heterocycles. The zero-order chi connectivity index (χ0) is 25.1. The molecule has 0 spiro atoms. The Morgan fingerprint density at radius 3 is 2.46 bits per heavy atom. The summed E-state index contributed by atoms with van der Waals surface area (Å²) in [6.45, 7) is 0. The molecular weight excluding hydrogens is 473 g/mol. The number of nitrogens with one attached hydrogen (secondary N) is 1. The number of carbonyl (C=O) groups is 1. The minimum Gasteiger partial charge on any atom is -0.462 e. The SMILES string of the molecule is C#CCCCC(=O)Nc1ccc2c(c1)-c1ccc(O[C@H]3OC(CCP(O)O)[C@@H](O)C(O)C3O)cc1-2. The number of amides is 1. The van der Waals surface area contributed by atoms with Gasteiger partial charge in [0, 0.05) is 24.7 Å². The van der Waals surface area contributed by atoms with Crippen LogP contribution < -0.4 is 10.1 Å². The number of anilines is 1. The maximum Gasteiger partial charge on any atom is 0.229 e. The number of aliphatic hydroxyl groups is 3. The molecule has 0 radical (unpaired) electrons. The summed E-state index contributed by atoms with van der Waals surface area (Å²) in [6.07, 6.45) is 0.325. The van der Waals surface area contributed by atoms with Gasteiger partial charge >= 0.3 is 0 Å². The first-order valence-corrected chi connectivity index (χ1v) is 12.8. The van der Waals surface area contributed by atoms with Crippen LogP contribution >= 0.6 is 8.38 Å². The first kappa shape index (κ1) is 25.5. The van der Waals surface area contributed by atoms with Crippen molar-refractivity contribution in [1.82, 2.24) is 0 Å². The topological polar surface area (TPSA) is 149 Å². The summed E-state index contributed by atoms with van der Waals surface area (Å²) in [4.78, 5) is 30.4. The number of fused-ring (bicyclic) bond motifs is 4. The van der Waals surface area contributed by atoms with Crippen LogP contribution in [0.4, 0.5) is 5.69 Å². The second-order valence-electron chi connectivity index (χ2n) is 8.59. The third-order valence-corrected chi connectivity index (χ3v) is 6.79. The Morgan fingerprint density at radius 2 is 1.74 bits per heavy atom. The van der Waals surface area contributed by atoms with Gasteiger partial charge in [0.2, 0.25) is 12.2 Å². The minimum absolute atomic E-state index is 0.00439. The van der Waals surface area contributed by atoms with E-state index in [-0.39, 0.29) is 18.5 Å². The van der Waals surface area contributed by atoms with E-state index in [4.69, 9.17) is 25.7 Å². The highest BCUT2D eigenvalue weighted by atomic mass is 31.2. The average molecular weight is 501 g/mol. The maximum absolute atomic E-state index is 12.1. The molecule has 0 aromatic heterocycles. The molecule has 35 heavy (non-hydrogen) atoms. The summed E-state index contributed by atoms with van der Waals surface area (Å²) >= 11 is 0. The Hall–Kier alpha value is -2.54. The molecule has 1 aliphatic carbocycles. The van der Waals surface area contributed by atoms with Crippen LogP contribution in [0.5, 0.6) is 5.75 Å². The summed E-state index contributed by atoms with van der Waals surface area (Å²) < 4.78 is 11.4. The lowest BCUT2D eigenvalue weighted by Crippen LogP contribution is -2.59. The molecule has 0 bridgehead atoms. The van der Waals surface area contributed by atoms with Crippen LogP contribution in [0.2, 0.25) is 0 Å². The molecule has 10 heteroatoms. The van der Waals surface area contributed by atoms with E-state index < -0.39 is 39.1 Å². The van der Waals surface area contributed by atoms with Gasteiger partial charge < -0.3 is 39.9 Å². The smallest absolute Gasteiger partial charge is 0.229 e. The summed E-state index contributed by atoms with van der Waals surface area (Å²) in [5, 5.41) is 33.6. The Labute approximate surface area is 204 Å². The fourth-order valence-electron chi connectivity index (χ4n) is 4.28. The molecule has 3 unspecified atom stereocenters. The molecule has 6 N–H and O–H groups in total. The van der Waals surface area contributed by atoms with E-state index in [1.165, 1.54) is 0 Å². The molecular formula is C25H28NO8P. The van der Waals surface area contributed by atoms with Gasteiger partial charge in [0.15, 0.2) is 8.38 Å². The third-order valence-electron chi connectivity index (χ3n) is 6.13. The van der Waals surface area contributed by atoms with Crippen LogP contribution in [0.25, 0.3) is 22.3 Å². The van der Waals surface area contributed by atoms with Gasteiger partial charge in [0.25, 0.3) is 0 Å². The monoisotopic (exact) mass is 501 g/mol. The van der Waals surface area contributed by atoms with Crippen LogP contribution in [0.1, 0.15) is 25.7 Å². The number of hydrogen-bond donors (Lipinski definition) is 6. The van der Waals surface area contributed by atoms with Crippen molar-refractivity contribution < 1.29 is 39.4 Å². The largest absolute Gasteiger partial charge is 0.462 e. The lowest BCUT2D eigenvalue weighted by molar-refractivity contribution is -0.272. The van der Waals surface area contributed by atoms with E-state index in [2.05, 4.69) is 11.2 Å². The number of hydrogen-bond acceptors (Lipinski definition) is 8. The van der Waals surface area contributed by atoms with Crippen LogP contribution in [0.3, 0.4) is 0 Å². The zero-order valence-corrected chi connectivity index (χ0v) is 19.8. The highest BCUT2D eigenvalue weighted by molar-refractivity contribution is 7.45. The van der Waals surface area contributed by atoms with Gasteiger partial charge in [-0.3, -0.25) is 4.79 Å².